The van der Waals surface area contributed by atoms with Crippen LogP contribution >= 0.6 is 0 Å². The zero-order valence-corrected chi connectivity index (χ0v) is 14.5. The molecule has 26 heavy (non-hydrogen) atoms. The fraction of sp³-hybridized carbons (Fsp3) is 0.389. The van der Waals surface area contributed by atoms with Gasteiger partial charge in [0.2, 0.25) is 0 Å². The summed E-state index contributed by atoms with van der Waals surface area (Å²) in [5.41, 5.74) is 1.35. The van der Waals surface area contributed by atoms with Gasteiger partial charge in [-0.05, 0) is 13.0 Å². The lowest BCUT2D eigenvalue weighted by Gasteiger charge is -2.35. The Bertz CT molecular complexity index is 836. The molecule has 1 aliphatic rings. The number of aryl methyl sites for hydroxylation is 1. The lowest BCUT2D eigenvalue weighted by atomic mass is 10.1. The molecule has 3 rings (SSSR count). The van der Waals surface area contributed by atoms with E-state index in [1.54, 1.807) is 19.1 Å². The second kappa shape index (κ2) is 8.11. The van der Waals surface area contributed by atoms with E-state index in [4.69, 9.17) is 14.6 Å². The number of hydrogen-bond acceptors (Lipinski definition) is 6. The predicted octanol–water partition coefficient (Wildman–Crippen LogP) is 1.12. The van der Waals surface area contributed by atoms with Crippen molar-refractivity contribution in [2.75, 3.05) is 26.4 Å². The van der Waals surface area contributed by atoms with Crippen LogP contribution in [0.3, 0.4) is 0 Å². The first-order chi connectivity index (χ1) is 12.5. The fourth-order valence-electron chi connectivity index (χ4n) is 3.01. The molecule has 8 heteroatoms. The normalized spacial score (nSPS) is 17.8. The smallest absolute Gasteiger partial charge is 0.341 e. The third-order valence-corrected chi connectivity index (χ3v) is 4.16. The number of aromatic nitrogens is 2. The summed E-state index contributed by atoms with van der Waals surface area (Å²) >= 11 is 0. The van der Waals surface area contributed by atoms with E-state index in [1.807, 2.05) is 12.1 Å². The van der Waals surface area contributed by atoms with Crippen molar-refractivity contribution in [3.8, 4) is 5.75 Å². The molecule has 0 aliphatic carbocycles. The highest BCUT2D eigenvalue weighted by Gasteiger charge is 2.27. The minimum Gasteiger partial charge on any atom is -0.482 e. The van der Waals surface area contributed by atoms with Gasteiger partial charge in [0.1, 0.15) is 11.6 Å². The highest BCUT2D eigenvalue weighted by atomic mass is 16.5. The molecule has 8 nitrogen and oxygen atoms in total. The zero-order chi connectivity index (χ0) is 18.5. The molecule has 1 saturated heterocycles. The van der Waals surface area contributed by atoms with Crippen molar-refractivity contribution in [2.24, 2.45) is 0 Å². The average Bonchev–Trinajstić information content (AvgIpc) is 2.60. The number of rotatable bonds is 6. The largest absolute Gasteiger partial charge is 0.482 e. The van der Waals surface area contributed by atoms with Crippen LogP contribution in [0.2, 0.25) is 0 Å². The summed E-state index contributed by atoms with van der Waals surface area (Å²) < 4.78 is 11.0. The van der Waals surface area contributed by atoms with Gasteiger partial charge in [0.05, 0.1) is 24.9 Å². The number of aliphatic carboxylic acids is 1. The number of aromatic amines is 1. The van der Waals surface area contributed by atoms with Crippen LogP contribution in [-0.2, 0) is 16.1 Å². The number of nitrogens with one attached hydrogen (secondary N) is 1. The minimum absolute atomic E-state index is 0.155. The third kappa shape index (κ3) is 4.47. The van der Waals surface area contributed by atoms with E-state index in [2.05, 4.69) is 14.9 Å². The molecule has 0 amide bonds. The van der Waals surface area contributed by atoms with Crippen LogP contribution in [-0.4, -0.2) is 52.3 Å². The topological polar surface area (TPSA) is 105 Å². The Hall–Kier alpha value is -2.71. The molecule has 0 unspecified atom stereocenters. The van der Waals surface area contributed by atoms with Crippen LogP contribution < -0.4 is 10.3 Å². The third-order valence-electron chi connectivity index (χ3n) is 4.16. The molecule has 0 spiro atoms. The van der Waals surface area contributed by atoms with E-state index in [9.17, 15) is 9.59 Å². The number of morpholine rings is 1. The summed E-state index contributed by atoms with van der Waals surface area (Å²) in [6, 6.07) is 8.68. The maximum atomic E-state index is 11.8. The summed E-state index contributed by atoms with van der Waals surface area (Å²) in [7, 11) is 0. The fourth-order valence-corrected chi connectivity index (χ4v) is 3.01. The van der Waals surface area contributed by atoms with Crippen LogP contribution in [0.15, 0.2) is 35.1 Å². The molecule has 0 radical (unpaired) electrons. The summed E-state index contributed by atoms with van der Waals surface area (Å²) in [5.74, 6) is 0.0747. The van der Waals surface area contributed by atoms with Crippen LogP contribution in [0.25, 0.3) is 0 Å². The number of benzene rings is 1. The van der Waals surface area contributed by atoms with E-state index in [1.165, 1.54) is 6.07 Å². The number of hydrogen-bond donors (Lipinski definition) is 2. The van der Waals surface area contributed by atoms with Gasteiger partial charge in [-0.25, -0.2) is 9.78 Å². The summed E-state index contributed by atoms with van der Waals surface area (Å²) in [5, 5.41) is 8.84. The molecule has 138 valence electrons. The number of carbonyl (C=O) groups is 1. The maximum Gasteiger partial charge on any atom is 0.341 e. The van der Waals surface area contributed by atoms with E-state index in [0.29, 0.717) is 43.6 Å². The van der Waals surface area contributed by atoms with Crippen LogP contribution in [0.1, 0.15) is 23.1 Å². The van der Waals surface area contributed by atoms with Crippen molar-refractivity contribution in [3.05, 3.63) is 57.8 Å². The maximum absolute atomic E-state index is 11.8. The monoisotopic (exact) mass is 359 g/mol. The van der Waals surface area contributed by atoms with Crippen molar-refractivity contribution in [1.82, 2.24) is 14.9 Å². The first-order valence-electron chi connectivity index (χ1n) is 8.35. The van der Waals surface area contributed by atoms with E-state index < -0.39 is 12.6 Å². The summed E-state index contributed by atoms with van der Waals surface area (Å²) in [6.07, 6.45) is 0. The van der Waals surface area contributed by atoms with Gasteiger partial charge in [0.25, 0.3) is 5.56 Å². The van der Waals surface area contributed by atoms with Gasteiger partial charge in [-0.15, -0.1) is 0 Å². The molecule has 2 aromatic rings. The lowest BCUT2D eigenvalue weighted by Crippen LogP contribution is -2.40. The molecule has 1 aromatic carbocycles. The Balaban J connectivity index is 1.83. The van der Waals surface area contributed by atoms with E-state index in [0.717, 1.165) is 5.56 Å². The van der Waals surface area contributed by atoms with Crippen molar-refractivity contribution in [1.29, 1.82) is 0 Å². The standard InChI is InChI=1S/C18H21N3O5/c1-12-19-14(8-17(22)20-12)15-10-25-7-6-21(15)9-13-4-2-3-5-16(13)26-11-18(23)24/h2-5,8,15H,6-7,9-11H2,1H3,(H,23,24)(H,19,20,22)/t15-/m0/s1. The number of carboxylic acid groups (broad SMARTS) is 1. The summed E-state index contributed by atoms with van der Waals surface area (Å²) in [6.45, 7) is 3.58. The van der Waals surface area contributed by atoms with Crippen molar-refractivity contribution >= 4 is 5.97 Å². The molecule has 0 saturated carbocycles. The van der Waals surface area contributed by atoms with Gasteiger partial charge in [-0.2, -0.15) is 0 Å². The van der Waals surface area contributed by atoms with Gasteiger partial charge in [0.15, 0.2) is 6.61 Å². The Kier molecular flexibility index (Phi) is 5.65. The molecule has 0 bridgehead atoms. The van der Waals surface area contributed by atoms with Crippen LogP contribution in [0, 0.1) is 6.92 Å². The quantitative estimate of drug-likeness (QED) is 0.796. The minimum atomic E-state index is -1.02. The van der Waals surface area contributed by atoms with Gasteiger partial charge in [-0.3, -0.25) is 9.69 Å². The number of nitrogens with zero attached hydrogens (tertiary/aromatic N) is 2. The summed E-state index contributed by atoms with van der Waals surface area (Å²) in [4.78, 5) is 31.8. The first-order valence-corrected chi connectivity index (χ1v) is 8.35. The molecule has 1 atom stereocenters. The number of para-hydroxylation sites is 1. The van der Waals surface area contributed by atoms with E-state index in [-0.39, 0.29) is 11.6 Å². The molecule has 1 aliphatic heterocycles. The molecule has 2 heterocycles. The molecule has 1 aromatic heterocycles. The Morgan fingerprint density at radius 2 is 2.27 bits per heavy atom. The SMILES string of the molecule is Cc1nc([C@@H]2COCCN2Cc2ccccc2OCC(=O)O)cc(=O)[nH]1. The Morgan fingerprint density at radius 1 is 1.46 bits per heavy atom. The van der Waals surface area contributed by atoms with E-state index >= 15 is 0 Å². The lowest BCUT2D eigenvalue weighted by molar-refractivity contribution is -0.139. The number of carboxylic acids is 1. The van der Waals surface area contributed by atoms with Crippen molar-refractivity contribution < 1.29 is 19.4 Å². The second-order valence-corrected chi connectivity index (χ2v) is 6.11. The molecular weight excluding hydrogens is 338 g/mol. The van der Waals surface area contributed by atoms with Crippen molar-refractivity contribution in [2.45, 2.75) is 19.5 Å². The van der Waals surface area contributed by atoms with Gasteiger partial charge >= 0.3 is 5.97 Å². The number of ether oxygens (including phenoxy) is 2. The second-order valence-electron chi connectivity index (χ2n) is 6.11. The highest BCUT2D eigenvalue weighted by molar-refractivity contribution is 5.68. The Morgan fingerprint density at radius 3 is 3.04 bits per heavy atom. The van der Waals surface area contributed by atoms with Crippen molar-refractivity contribution in [3.63, 3.8) is 0 Å². The first kappa shape index (κ1) is 18.1. The zero-order valence-electron chi connectivity index (χ0n) is 14.5. The van der Waals surface area contributed by atoms with Gasteiger partial charge in [0, 0.05) is 24.7 Å². The molecule has 1 fully saturated rings. The number of H-pyrrole nitrogens is 1. The van der Waals surface area contributed by atoms with Crippen LogP contribution in [0.5, 0.6) is 5.75 Å². The van der Waals surface area contributed by atoms with Gasteiger partial charge in [-0.1, -0.05) is 18.2 Å². The highest BCUT2D eigenvalue weighted by Crippen LogP contribution is 2.27. The molecular formula is C18H21N3O5. The Labute approximate surface area is 150 Å². The predicted molar refractivity (Wildman–Crippen MR) is 93.1 cm³/mol. The molecule has 2 N–H and O–H groups in total. The van der Waals surface area contributed by atoms with Gasteiger partial charge < -0.3 is 19.6 Å². The average molecular weight is 359 g/mol. The van der Waals surface area contributed by atoms with Crippen LogP contribution in [0.4, 0.5) is 0 Å².